The molecule has 132 valence electrons. The second kappa shape index (κ2) is 8.36. The fourth-order valence-corrected chi connectivity index (χ4v) is 2.58. The van der Waals surface area contributed by atoms with E-state index in [4.69, 9.17) is 0 Å². The van der Waals surface area contributed by atoms with Crippen molar-refractivity contribution in [1.82, 2.24) is 5.32 Å². The number of anilines is 1. The smallest absolute Gasteiger partial charge is 0.246 e. The van der Waals surface area contributed by atoms with Gasteiger partial charge in [-0.05, 0) is 47.5 Å². The van der Waals surface area contributed by atoms with Crippen molar-refractivity contribution in [3.05, 3.63) is 102 Å². The molecule has 0 aliphatic rings. The van der Waals surface area contributed by atoms with Crippen LogP contribution in [0.4, 0.5) is 14.5 Å². The summed E-state index contributed by atoms with van der Waals surface area (Å²) < 4.78 is 26.1. The molecule has 0 saturated heterocycles. The van der Waals surface area contributed by atoms with Gasteiger partial charge in [0.15, 0.2) is 0 Å². The molecule has 1 atom stereocenters. The van der Waals surface area contributed by atoms with E-state index < -0.39 is 6.04 Å². The number of nitrogens with one attached hydrogen (secondary N) is 2. The van der Waals surface area contributed by atoms with Crippen LogP contribution < -0.4 is 10.6 Å². The van der Waals surface area contributed by atoms with Gasteiger partial charge in [0.1, 0.15) is 17.7 Å². The van der Waals surface area contributed by atoms with Gasteiger partial charge in [0.2, 0.25) is 5.91 Å². The Morgan fingerprint density at radius 1 is 0.808 bits per heavy atom. The second-order valence-corrected chi connectivity index (χ2v) is 5.85. The number of benzene rings is 3. The normalized spacial score (nSPS) is 11.8. The van der Waals surface area contributed by atoms with Crippen LogP contribution in [0.2, 0.25) is 0 Å². The molecule has 0 bridgehead atoms. The first-order valence-electron chi connectivity index (χ1n) is 8.21. The molecule has 3 nitrogen and oxygen atoms in total. The zero-order valence-corrected chi connectivity index (χ0v) is 14.0. The first-order valence-corrected chi connectivity index (χ1v) is 8.21. The van der Waals surface area contributed by atoms with E-state index in [2.05, 4.69) is 10.6 Å². The Hall–Kier alpha value is -3.05. The molecule has 0 saturated carbocycles. The molecule has 0 aromatic heterocycles. The monoisotopic (exact) mass is 352 g/mol. The first kappa shape index (κ1) is 17.8. The van der Waals surface area contributed by atoms with Gasteiger partial charge in [-0.15, -0.1) is 0 Å². The SMILES string of the molecule is O=C(Nc1ccc(F)cc1)C(NCc1ccc(F)cc1)c1ccccc1. The van der Waals surface area contributed by atoms with Gasteiger partial charge in [-0.2, -0.15) is 0 Å². The Bertz CT molecular complexity index is 849. The lowest BCUT2D eigenvalue weighted by atomic mass is 10.1. The van der Waals surface area contributed by atoms with Crippen molar-refractivity contribution in [1.29, 1.82) is 0 Å². The third-order valence-corrected chi connectivity index (χ3v) is 3.93. The molecule has 5 heteroatoms. The summed E-state index contributed by atoms with van der Waals surface area (Å²) in [5.41, 5.74) is 2.18. The lowest BCUT2D eigenvalue weighted by Crippen LogP contribution is -2.32. The quantitative estimate of drug-likeness (QED) is 0.689. The summed E-state index contributed by atoms with van der Waals surface area (Å²) >= 11 is 0. The molecule has 1 unspecified atom stereocenters. The minimum Gasteiger partial charge on any atom is -0.324 e. The van der Waals surface area contributed by atoms with E-state index in [-0.39, 0.29) is 17.5 Å². The summed E-state index contributed by atoms with van der Waals surface area (Å²) in [6, 6.07) is 20.4. The number of rotatable bonds is 6. The molecule has 0 radical (unpaired) electrons. The van der Waals surface area contributed by atoms with Crippen molar-refractivity contribution in [3.8, 4) is 0 Å². The minimum absolute atomic E-state index is 0.259. The molecule has 0 aliphatic heterocycles. The van der Waals surface area contributed by atoms with E-state index in [1.165, 1.54) is 36.4 Å². The lowest BCUT2D eigenvalue weighted by Gasteiger charge is -2.19. The molecule has 3 aromatic rings. The molecule has 0 spiro atoms. The summed E-state index contributed by atoms with van der Waals surface area (Å²) in [7, 11) is 0. The number of amides is 1. The Balaban J connectivity index is 1.75. The van der Waals surface area contributed by atoms with Crippen LogP contribution in [-0.2, 0) is 11.3 Å². The predicted octanol–water partition coefficient (Wildman–Crippen LogP) is 4.43. The summed E-state index contributed by atoms with van der Waals surface area (Å²) in [6.07, 6.45) is 0. The Morgan fingerprint density at radius 3 is 2.00 bits per heavy atom. The van der Waals surface area contributed by atoms with Crippen molar-refractivity contribution >= 4 is 11.6 Å². The standard InChI is InChI=1S/C21H18F2N2O/c22-17-8-6-15(7-9-17)14-24-20(16-4-2-1-3-5-16)21(26)25-19-12-10-18(23)11-13-19/h1-13,20,24H,14H2,(H,25,26). The molecular weight excluding hydrogens is 334 g/mol. The summed E-state index contributed by atoms with van der Waals surface area (Å²) in [4.78, 5) is 12.7. The van der Waals surface area contributed by atoms with E-state index in [9.17, 15) is 13.6 Å². The molecule has 2 N–H and O–H groups in total. The van der Waals surface area contributed by atoms with Gasteiger partial charge in [-0.25, -0.2) is 8.78 Å². The highest BCUT2D eigenvalue weighted by Gasteiger charge is 2.20. The van der Waals surface area contributed by atoms with Gasteiger partial charge in [-0.1, -0.05) is 42.5 Å². The third-order valence-electron chi connectivity index (χ3n) is 3.93. The number of halogens is 2. The Morgan fingerprint density at radius 2 is 1.38 bits per heavy atom. The van der Waals surface area contributed by atoms with Crippen LogP contribution in [0, 0.1) is 11.6 Å². The van der Waals surface area contributed by atoms with Crippen molar-refractivity contribution in [2.45, 2.75) is 12.6 Å². The van der Waals surface area contributed by atoms with Gasteiger partial charge in [0, 0.05) is 12.2 Å². The van der Waals surface area contributed by atoms with Crippen LogP contribution in [0.1, 0.15) is 17.2 Å². The maximum absolute atomic E-state index is 13.0. The van der Waals surface area contributed by atoms with Gasteiger partial charge in [0.25, 0.3) is 0 Å². The highest BCUT2D eigenvalue weighted by atomic mass is 19.1. The summed E-state index contributed by atoms with van der Waals surface area (Å²) in [6.45, 7) is 0.399. The van der Waals surface area contributed by atoms with Crippen LogP contribution in [0.15, 0.2) is 78.9 Å². The average Bonchev–Trinajstić information content (AvgIpc) is 2.66. The van der Waals surface area contributed by atoms with Crippen LogP contribution >= 0.6 is 0 Å². The maximum Gasteiger partial charge on any atom is 0.246 e. The Kier molecular flexibility index (Phi) is 5.71. The zero-order chi connectivity index (χ0) is 18.4. The second-order valence-electron chi connectivity index (χ2n) is 5.85. The number of carbonyl (C=O) groups excluding carboxylic acids is 1. The molecule has 0 heterocycles. The maximum atomic E-state index is 13.0. The fourth-order valence-electron chi connectivity index (χ4n) is 2.58. The van der Waals surface area contributed by atoms with Crippen LogP contribution in [-0.4, -0.2) is 5.91 Å². The van der Waals surface area contributed by atoms with E-state index in [0.717, 1.165) is 11.1 Å². The summed E-state index contributed by atoms with van der Waals surface area (Å²) in [5.74, 6) is -0.927. The number of hydrogen-bond acceptors (Lipinski definition) is 2. The van der Waals surface area contributed by atoms with Gasteiger partial charge in [0.05, 0.1) is 0 Å². The van der Waals surface area contributed by atoms with Crippen molar-refractivity contribution in [2.24, 2.45) is 0 Å². The van der Waals surface area contributed by atoms with Gasteiger partial charge >= 0.3 is 0 Å². The van der Waals surface area contributed by atoms with E-state index in [1.807, 2.05) is 30.3 Å². The van der Waals surface area contributed by atoms with Gasteiger partial charge in [-0.3, -0.25) is 10.1 Å². The molecule has 0 fully saturated rings. The predicted molar refractivity (Wildman–Crippen MR) is 97.5 cm³/mol. The van der Waals surface area contributed by atoms with Crippen LogP contribution in [0.3, 0.4) is 0 Å². The third kappa shape index (κ3) is 4.74. The highest BCUT2D eigenvalue weighted by molar-refractivity contribution is 5.95. The first-order chi connectivity index (χ1) is 12.6. The van der Waals surface area contributed by atoms with Crippen molar-refractivity contribution in [2.75, 3.05) is 5.32 Å². The van der Waals surface area contributed by atoms with Gasteiger partial charge < -0.3 is 5.32 Å². The van der Waals surface area contributed by atoms with Crippen molar-refractivity contribution < 1.29 is 13.6 Å². The van der Waals surface area contributed by atoms with Crippen LogP contribution in [0.25, 0.3) is 0 Å². The molecule has 3 rings (SSSR count). The molecule has 1 amide bonds. The zero-order valence-electron chi connectivity index (χ0n) is 14.0. The average molecular weight is 352 g/mol. The fraction of sp³-hybridized carbons (Fsp3) is 0.0952. The molecule has 0 aliphatic carbocycles. The van der Waals surface area contributed by atoms with E-state index in [0.29, 0.717) is 12.2 Å². The highest BCUT2D eigenvalue weighted by Crippen LogP contribution is 2.17. The lowest BCUT2D eigenvalue weighted by molar-refractivity contribution is -0.118. The number of hydrogen-bond donors (Lipinski definition) is 2. The Labute approximate surface area is 150 Å². The van der Waals surface area contributed by atoms with Crippen molar-refractivity contribution in [3.63, 3.8) is 0 Å². The molecule has 3 aromatic carbocycles. The number of carbonyl (C=O) groups is 1. The minimum atomic E-state index is -0.605. The topological polar surface area (TPSA) is 41.1 Å². The molecule has 26 heavy (non-hydrogen) atoms. The largest absolute Gasteiger partial charge is 0.324 e. The summed E-state index contributed by atoms with van der Waals surface area (Å²) in [5, 5.41) is 5.98. The molecular formula is C21H18F2N2O. The van der Waals surface area contributed by atoms with Crippen LogP contribution in [0.5, 0.6) is 0 Å². The van der Waals surface area contributed by atoms with E-state index >= 15 is 0 Å². The van der Waals surface area contributed by atoms with E-state index in [1.54, 1.807) is 12.1 Å².